The van der Waals surface area contributed by atoms with Crippen molar-refractivity contribution in [2.24, 2.45) is 5.92 Å². The third kappa shape index (κ3) is 10.6. The van der Waals surface area contributed by atoms with Crippen LogP contribution in [0.25, 0.3) is 0 Å². The van der Waals surface area contributed by atoms with Crippen molar-refractivity contribution in [1.29, 1.82) is 0 Å². The van der Waals surface area contributed by atoms with E-state index in [0.29, 0.717) is 25.1 Å². The van der Waals surface area contributed by atoms with Gasteiger partial charge in [0.25, 0.3) is 0 Å². The smallest absolute Gasteiger partial charge is 0.0897 e. The number of likely N-dealkylation sites (N-methyl/N-ethyl adjacent to an activating group) is 1. The minimum Gasteiger partial charge on any atom is -0.389 e. The van der Waals surface area contributed by atoms with Gasteiger partial charge in [-0.1, -0.05) is 27.7 Å². The van der Waals surface area contributed by atoms with Crippen LogP contribution in [0.5, 0.6) is 0 Å². The summed E-state index contributed by atoms with van der Waals surface area (Å²) in [6.45, 7) is 17.1. The van der Waals surface area contributed by atoms with Crippen molar-refractivity contribution >= 4 is 0 Å². The van der Waals surface area contributed by atoms with Crippen LogP contribution in [0, 0.1) is 5.92 Å². The second-order valence-corrected chi connectivity index (χ2v) is 6.22. The maximum Gasteiger partial charge on any atom is 0.0897 e. The Bertz CT molecular complexity index is 221. The zero-order chi connectivity index (χ0) is 15.5. The minimum absolute atomic E-state index is 0.220. The molecule has 0 saturated heterocycles. The number of aliphatic hydroxyl groups is 1. The summed E-state index contributed by atoms with van der Waals surface area (Å²) in [5.41, 5.74) is 0. The van der Waals surface area contributed by atoms with Crippen LogP contribution in [0.3, 0.4) is 0 Å². The first-order valence-corrected chi connectivity index (χ1v) is 8.14. The van der Waals surface area contributed by atoms with Gasteiger partial charge in [0.1, 0.15) is 0 Å². The van der Waals surface area contributed by atoms with Gasteiger partial charge in [-0.2, -0.15) is 0 Å². The Hall–Kier alpha value is -0.160. The average Bonchev–Trinajstić information content (AvgIpc) is 2.39. The lowest BCUT2D eigenvalue weighted by Crippen LogP contribution is -2.43. The predicted octanol–water partition coefficient (Wildman–Crippen LogP) is 2.12. The second-order valence-electron chi connectivity index (χ2n) is 6.22. The summed E-state index contributed by atoms with van der Waals surface area (Å²) in [5, 5.41) is 13.3. The van der Waals surface area contributed by atoms with Gasteiger partial charge in [0.15, 0.2) is 0 Å². The van der Waals surface area contributed by atoms with Crippen molar-refractivity contribution in [3.05, 3.63) is 0 Å². The highest BCUT2D eigenvalue weighted by Gasteiger charge is 2.12. The number of hydrogen-bond donors (Lipinski definition) is 2. The van der Waals surface area contributed by atoms with E-state index in [-0.39, 0.29) is 6.10 Å². The van der Waals surface area contributed by atoms with Crippen LogP contribution < -0.4 is 5.32 Å². The fraction of sp³-hybridized carbons (Fsp3) is 1.00. The molecule has 0 aromatic rings. The van der Waals surface area contributed by atoms with Gasteiger partial charge in [0.05, 0.1) is 18.8 Å². The molecule has 3 atom stereocenters. The van der Waals surface area contributed by atoms with Crippen LogP contribution in [0.2, 0.25) is 0 Å². The van der Waals surface area contributed by atoms with E-state index in [2.05, 4.69) is 51.8 Å². The van der Waals surface area contributed by atoms with Gasteiger partial charge in [-0.3, -0.25) is 0 Å². The van der Waals surface area contributed by atoms with Crippen molar-refractivity contribution in [1.82, 2.24) is 10.2 Å². The number of aliphatic hydroxyl groups excluding tert-OH is 1. The molecule has 0 rings (SSSR count). The summed E-state index contributed by atoms with van der Waals surface area (Å²) in [6, 6.07) is 0.387. The quantitative estimate of drug-likeness (QED) is 0.577. The molecular weight excluding hydrogens is 252 g/mol. The summed E-state index contributed by atoms with van der Waals surface area (Å²) >= 11 is 0. The normalized spacial score (nSPS) is 16.6. The Morgan fingerprint density at radius 3 is 2.20 bits per heavy atom. The monoisotopic (exact) mass is 288 g/mol. The fourth-order valence-electron chi connectivity index (χ4n) is 2.34. The van der Waals surface area contributed by atoms with E-state index < -0.39 is 6.10 Å². The fourth-order valence-corrected chi connectivity index (χ4v) is 2.34. The van der Waals surface area contributed by atoms with Crippen molar-refractivity contribution in [2.75, 3.05) is 32.8 Å². The summed E-state index contributed by atoms with van der Waals surface area (Å²) < 4.78 is 5.67. The Morgan fingerprint density at radius 2 is 1.70 bits per heavy atom. The number of ether oxygens (including phenoxy) is 1. The van der Waals surface area contributed by atoms with Crippen molar-refractivity contribution in [3.8, 4) is 0 Å². The third-order valence-electron chi connectivity index (χ3n) is 3.50. The highest BCUT2D eigenvalue weighted by molar-refractivity contribution is 4.69. The van der Waals surface area contributed by atoms with Crippen LogP contribution in [-0.2, 0) is 4.74 Å². The van der Waals surface area contributed by atoms with E-state index in [1.54, 1.807) is 0 Å². The minimum atomic E-state index is -0.427. The van der Waals surface area contributed by atoms with Gasteiger partial charge in [-0.25, -0.2) is 0 Å². The molecule has 4 nitrogen and oxygen atoms in total. The summed E-state index contributed by atoms with van der Waals surface area (Å²) in [4.78, 5) is 2.38. The lowest BCUT2D eigenvalue weighted by molar-refractivity contribution is -0.00937. The highest BCUT2D eigenvalue weighted by Crippen LogP contribution is 2.07. The zero-order valence-corrected chi connectivity index (χ0v) is 14.4. The van der Waals surface area contributed by atoms with Crippen molar-refractivity contribution < 1.29 is 9.84 Å². The van der Waals surface area contributed by atoms with Gasteiger partial charge in [0, 0.05) is 19.1 Å². The molecule has 122 valence electrons. The maximum absolute atomic E-state index is 9.93. The van der Waals surface area contributed by atoms with E-state index in [1.807, 2.05) is 0 Å². The lowest BCUT2D eigenvalue weighted by Gasteiger charge is -2.25. The standard InChI is InChI=1S/C16H36N2O2/c1-7-18(8-2)11-14(5)17-10-16(19)12-20-15(6)9-13(3)4/h13-17,19H,7-12H2,1-6H3. The van der Waals surface area contributed by atoms with E-state index >= 15 is 0 Å². The van der Waals surface area contributed by atoms with Crippen LogP contribution >= 0.6 is 0 Å². The number of hydrogen-bond acceptors (Lipinski definition) is 4. The highest BCUT2D eigenvalue weighted by atomic mass is 16.5. The Balaban J connectivity index is 3.73. The molecule has 0 heterocycles. The topological polar surface area (TPSA) is 44.7 Å². The molecule has 3 unspecified atom stereocenters. The van der Waals surface area contributed by atoms with Crippen LogP contribution in [-0.4, -0.2) is 61.0 Å². The SMILES string of the molecule is CCN(CC)CC(C)NCC(O)COC(C)CC(C)C. The van der Waals surface area contributed by atoms with Crippen LogP contribution in [0.4, 0.5) is 0 Å². The molecular formula is C16H36N2O2. The van der Waals surface area contributed by atoms with Gasteiger partial charge >= 0.3 is 0 Å². The molecule has 0 spiro atoms. The predicted molar refractivity (Wildman–Crippen MR) is 86.1 cm³/mol. The molecule has 0 aromatic carbocycles. The molecule has 0 aliphatic carbocycles. The second kappa shape index (κ2) is 11.5. The Labute approximate surface area is 125 Å². The maximum atomic E-state index is 9.93. The van der Waals surface area contributed by atoms with Gasteiger partial charge in [0.2, 0.25) is 0 Å². The van der Waals surface area contributed by atoms with Gasteiger partial charge in [-0.05, 0) is 39.3 Å². The molecule has 0 amide bonds. The molecule has 0 aliphatic rings. The van der Waals surface area contributed by atoms with Crippen LogP contribution in [0.1, 0.15) is 48.0 Å². The first kappa shape index (κ1) is 19.8. The lowest BCUT2D eigenvalue weighted by atomic mass is 10.1. The Kier molecular flexibility index (Phi) is 11.4. The molecule has 0 fully saturated rings. The molecule has 0 aliphatic heterocycles. The number of nitrogens with one attached hydrogen (secondary N) is 1. The molecule has 0 radical (unpaired) electrons. The molecule has 2 N–H and O–H groups in total. The number of rotatable bonds is 12. The summed E-state index contributed by atoms with van der Waals surface area (Å²) in [6.07, 6.45) is 0.833. The molecule has 4 heteroatoms. The first-order chi connectivity index (χ1) is 9.38. The van der Waals surface area contributed by atoms with E-state index in [4.69, 9.17) is 4.74 Å². The molecule has 0 saturated carbocycles. The molecule has 0 aromatic heterocycles. The summed E-state index contributed by atoms with van der Waals surface area (Å²) in [7, 11) is 0. The molecule has 0 bridgehead atoms. The first-order valence-electron chi connectivity index (χ1n) is 8.14. The molecule has 20 heavy (non-hydrogen) atoms. The number of nitrogens with zero attached hydrogens (tertiary/aromatic N) is 1. The van der Waals surface area contributed by atoms with Crippen molar-refractivity contribution in [3.63, 3.8) is 0 Å². The largest absolute Gasteiger partial charge is 0.389 e. The van der Waals surface area contributed by atoms with Gasteiger partial charge < -0.3 is 20.1 Å². The third-order valence-corrected chi connectivity index (χ3v) is 3.50. The van der Waals surface area contributed by atoms with Crippen molar-refractivity contribution in [2.45, 2.75) is 66.2 Å². The van der Waals surface area contributed by atoms with E-state index in [9.17, 15) is 5.11 Å². The zero-order valence-electron chi connectivity index (χ0n) is 14.4. The summed E-state index contributed by atoms with van der Waals surface area (Å²) in [5.74, 6) is 0.634. The van der Waals surface area contributed by atoms with E-state index in [1.165, 1.54) is 0 Å². The van der Waals surface area contributed by atoms with Crippen LogP contribution in [0.15, 0.2) is 0 Å². The van der Waals surface area contributed by atoms with E-state index in [0.717, 1.165) is 26.1 Å². The average molecular weight is 288 g/mol. The van der Waals surface area contributed by atoms with Gasteiger partial charge in [-0.15, -0.1) is 0 Å². The Morgan fingerprint density at radius 1 is 1.10 bits per heavy atom.